The van der Waals surface area contributed by atoms with Gasteiger partial charge in [0.25, 0.3) is 5.91 Å². The van der Waals surface area contributed by atoms with Gasteiger partial charge in [0.1, 0.15) is 17.5 Å². The van der Waals surface area contributed by atoms with Crippen LogP contribution in [0.15, 0.2) is 54.6 Å². The third kappa shape index (κ3) is 6.20. The van der Waals surface area contributed by atoms with Gasteiger partial charge in [-0.25, -0.2) is 4.79 Å². The minimum Gasteiger partial charge on any atom is -0.480 e. The largest absolute Gasteiger partial charge is 0.522 e. The SMILES string of the molecule is O=C(NCC(=O)N1CC(OC(F)(F)F)CC1C(=O)O)c1ccc(Oc2ccccc2)cc1. The second-order valence-corrected chi connectivity index (χ2v) is 6.94. The number of carbonyl (C=O) groups is 3. The minimum atomic E-state index is -4.95. The Kier molecular flexibility index (Phi) is 6.98. The third-order valence-electron chi connectivity index (χ3n) is 4.66. The molecule has 1 aliphatic heterocycles. The Labute approximate surface area is 180 Å². The number of hydrogen-bond donors (Lipinski definition) is 2. The van der Waals surface area contributed by atoms with Crippen molar-refractivity contribution in [3.63, 3.8) is 0 Å². The summed E-state index contributed by atoms with van der Waals surface area (Å²) in [4.78, 5) is 36.7. The Morgan fingerprint density at radius 2 is 1.66 bits per heavy atom. The molecule has 1 heterocycles. The number of alkyl halides is 3. The van der Waals surface area contributed by atoms with Crippen molar-refractivity contribution in [1.29, 1.82) is 0 Å². The molecule has 2 amide bonds. The molecule has 170 valence electrons. The van der Waals surface area contributed by atoms with Gasteiger partial charge >= 0.3 is 12.3 Å². The highest BCUT2D eigenvalue weighted by atomic mass is 19.4. The van der Waals surface area contributed by atoms with E-state index in [-0.39, 0.29) is 5.56 Å². The van der Waals surface area contributed by atoms with Crippen LogP contribution in [-0.4, -0.2) is 59.4 Å². The maximum Gasteiger partial charge on any atom is 0.522 e. The van der Waals surface area contributed by atoms with Crippen LogP contribution in [0.3, 0.4) is 0 Å². The number of nitrogens with one attached hydrogen (secondary N) is 1. The molecule has 2 N–H and O–H groups in total. The Morgan fingerprint density at radius 3 is 2.25 bits per heavy atom. The average molecular weight is 452 g/mol. The van der Waals surface area contributed by atoms with Gasteiger partial charge < -0.3 is 20.1 Å². The van der Waals surface area contributed by atoms with Crippen LogP contribution < -0.4 is 10.1 Å². The molecule has 1 saturated heterocycles. The molecule has 0 bridgehead atoms. The number of carbonyl (C=O) groups excluding carboxylic acids is 2. The lowest BCUT2D eigenvalue weighted by molar-refractivity contribution is -0.340. The van der Waals surface area contributed by atoms with Crippen molar-refractivity contribution < 1.29 is 42.1 Å². The Bertz CT molecular complexity index is 966. The fraction of sp³-hybridized carbons (Fsp3) is 0.286. The van der Waals surface area contributed by atoms with Crippen molar-refractivity contribution in [2.75, 3.05) is 13.1 Å². The van der Waals surface area contributed by atoms with Crippen LogP contribution in [0.4, 0.5) is 13.2 Å². The molecular weight excluding hydrogens is 433 g/mol. The first-order chi connectivity index (χ1) is 15.1. The number of carboxylic acid groups (broad SMARTS) is 1. The molecule has 2 atom stereocenters. The van der Waals surface area contributed by atoms with Crippen molar-refractivity contribution in [2.45, 2.75) is 24.9 Å². The molecule has 8 nitrogen and oxygen atoms in total. The predicted molar refractivity (Wildman–Crippen MR) is 104 cm³/mol. The van der Waals surface area contributed by atoms with E-state index in [1.165, 1.54) is 12.1 Å². The lowest BCUT2D eigenvalue weighted by atomic mass is 10.2. The molecule has 32 heavy (non-hydrogen) atoms. The number of benzene rings is 2. The number of ether oxygens (including phenoxy) is 2. The van der Waals surface area contributed by atoms with E-state index in [0.29, 0.717) is 11.5 Å². The Morgan fingerprint density at radius 1 is 1.03 bits per heavy atom. The second kappa shape index (κ2) is 9.69. The molecule has 0 radical (unpaired) electrons. The average Bonchev–Trinajstić information content (AvgIpc) is 3.15. The highest BCUT2D eigenvalue weighted by Crippen LogP contribution is 2.27. The summed E-state index contributed by atoms with van der Waals surface area (Å²) in [5.74, 6) is -1.80. The summed E-state index contributed by atoms with van der Waals surface area (Å²) >= 11 is 0. The molecule has 3 rings (SSSR count). The number of amides is 2. The minimum absolute atomic E-state index is 0.215. The maximum absolute atomic E-state index is 12.4. The van der Waals surface area contributed by atoms with Gasteiger partial charge in [-0.3, -0.25) is 14.3 Å². The number of para-hydroxylation sites is 1. The van der Waals surface area contributed by atoms with E-state index in [4.69, 9.17) is 4.74 Å². The van der Waals surface area contributed by atoms with E-state index in [1.54, 1.807) is 36.4 Å². The molecule has 11 heteroatoms. The molecule has 2 aromatic carbocycles. The van der Waals surface area contributed by atoms with Gasteiger partial charge in [0.15, 0.2) is 0 Å². The zero-order valence-electron chi connectivity index (χ0n) is 16.5. The number of halogens is 3. The maximum atomic E-state index is 12.4. The van der Waals surface area contributed by atoms with Crippen LogP contribution in [0.5, 0.6) is 11.5 Å². The fourth-order valence-electron chi connectivity index (χ4n) is 3.24. The number of hydrogen-bond acceptors (Lipinski definition) is 5. The summed E-state index contributed by atoms with van der Waals surface area (Å²) < 4.78 is 46.7. The quantitative estimate of drug-likeness (QED) is 0.670. The van der Waals surface area contributed by atoms with Crippen molar-refractivity contribution in [3.8, 4) is 11.5 Å². The predicted octanol–water partition coefficient (Wildman–Crippen LogP) is 2.80. The third-order valence-corrected chi connectivity index (χ3v) is 4.66. The van der Waals surface area contributed by atoms with Crippen LogP contribution in [0.25, 0.3) is 0 Å². The van der Waals surface area contributed by atoms with Gasteiger partial charge in [0.2, 0.25) is 5.91 Å². The smallest absolute Gasteiger partial charge is 0.480 e. The van der Waals surface area contributed by atoms with Gasteiger partial charge in [-0.15, -0.1) is 13.2 Å². The monoisotopic (exact) mass is 452 g/mol. The second-order valence-electron chi connectivity index (χ2n) is 6.94. The summed E-state index contributed by atoms with van der Waals surface area (Å²) in [6.45, 7) is -1.12. The van der Waals surface area contributed by atoms with E-state index in [0.717, 1.165) is 4.90 Å². The first-order valence-corrected chi connectivity index (χ1v) is 9.50. The zero-order chi connectivity index (χ0) is 23.3. The number of nitrogens with zero attached hydrogens (tertiary/aromatic N) is 1. The molecule has 2 unspecified atom stereocenters. The fourth-order valence-corrected chi connectivity index (χ4v) is 3.24. The van der Waals surface area contributed by atoms with Crippen molar-refractivity contribution in [1.82, 2.24) is 10.2 Å². The van der Waals surface area contributed by atoms with Crippen LogP contribution in [0.1, 0.15) is 16.8 Å². The molecule has 1 aliphatic rings. The first kappa shape index (κ1) is 23.1. The first-order valence-electron chi connectivity index (χ1n) is 9.50. The molecule has 0 aliphatic carbocycles. The molecule has 0 saturated carbocycles. The van der Waals surface area contributed by atoms with Gasteiger partial charge in [0.05, 0.1) is 12.6 Å². The number of carboxylic acids is 1. The van der Waals surface area contributed by atoms with Gasteiger partial charge in [0, 0.05) is 18.5 Å². The van der Waals surface area contributed by atoms with Crippen molar-refractivity contribution >= 4 is 17.8 Å². The highest BCUT2D eigenvalue weighted by molar-refractivity contribution is 5.97. The van der Waals surface area contributed by atoms with Gasteiger partial charge in [-0.1, -0.05) is 18.2 Å². The van der Waals surface area contributed by atoms with Gasteiger partial charge in [-0.2, -0.15) is 0 Å². The normalized spacial score (nSPS) is 18.3. The molecule has 0 aromatic heterocycles. The van der Waals surface area contributed by atoms with Crippen LogP contribution >= 0.6 is 0 Å². The highest BCUT2D eigenvalue weighted by Gasteiger charge is 2.44. The Hall–Kier alpha value is -3.60. The summed E-state index contributed by atoms with van der Waals surface area (Å²) in [5.41, 5.74) is 0.215. The zero-order valence-corrected chi connectivity index (χ0v) is 16.5. The molecule has 1 fully saturated rings. The summed E-state index contributed by atoms with van der Waals surface area (Å²) in [5, 5.41) is 11.5. The lowest BCUT2D eigenvalue weighted by Crippen LogP contribution is -2.45. The van der Waals surface area contributed by atoms with Crippen LogP contribution in [0.2, 0.25) is 0 Å². The topological polar surface area (TPSA) is 105 Å². The molecule has 2 aromatic rings. The van der Waals surface area contributed by atoms with E-state index >= 15 is 0 Å². The standard InChI is InChI=1S/C21H19F3N2O6/c22-21(23,24)32-16-10-17(20(29)30)26(12-16)18(27)11-25-19(28)13-6-8-15(9-7-13)31-14-4-2-1-3-5-14/h1-9,16-17H,10-12H2,(H,25,28)(H,29,30). The Balaban J connectivity index is 1.55. The van der Waals surface area contributed by atoms with E-state index in [2.05, 4.69) is 10.1 Å². The van der Waals surface area contributed by atoms with Crippen LogP contribution in [0, 0.1) is 0 Å². The number of aliphatic carboxylic acids is 1. The van der Waals surface area contributed by atoms with Crippen molar-refractivity contribution in [3.05, 3.63) is 60.2 Å². The lowest BCUT2D eigenvalue weighted by Gasteiger charge is -2.21. The number of rotatable bonds is 7. The summed E-state index contributed by atoms with van der Waals surface area (Å²) in [6.07, 6.45) is -6.94. The van der Waals surface area contributed by atoms with Crippen LogP contribution in [-0.2, 0) is 14.3 Å². The van der Waals surface area contributed by atoms with E-state index in [9.17, 15) is 32.7 Å². The van der Waals surface area contributed by atoms with Gasteiger partial charge in [-0.05, 0) is 36.4 Å². The van der Waals surface area contributed by atoms with Crippen molar-refractivity contribution in [2.24, 2.45) is 0 Å². The van der Waals surface area contributed by atoms with E-state index in [1.807, 2.05) is 6.07 Å². The summed E-state index contributed by atoms with van der Waals surface area (Å²) in [7, 11) is 0. The summed E-state index contributed by atoms with van der Waals surface area (Å²) in [6, 6.07) is 13.6. The van der Waals surface area contributed by atoms with E-state index < -0.39 is 55.8 Å². The molecular formula is C21H19F3N2O6. The molecule has 0 spiro atoms. The number of likely N-dealkylation sites (tertiary alicyclic amines) is 1.